The first-order chi connectivity index (χ1) is 11.1. The van der Waals surface area contributed by atoms with Crippen molar-refractivity contribution < 1.29 is 4.74 Å². The summed E-state index contributed by atoms with van der Waals surface area (Å²) in [5.74, 6) is 0.697. The standard InChI is InChI=1S/C17H19BrN4O/c1-3-22(15-7-5-4-6-11(15)2)16-14(18)10-20-17(21-16)23-13-8-12(19)9-13/h3-7,10,12-13H,1,8-9,19H2,2H3. The van der Waals surface area contributed by atoms with Gasteiger partial charge in [-0.15, -0.1) is 0 Å². The van der Waals surface area contributed by atoms with E-state index in [1.807, 2.05) is 36.1 Å². The van der Waals surface area contributed by atoms with Gasteiger partial charge in [-0.3, -0.25) is 0 Å². The Morgan fingerprint density at radius 3 is 2.78 bits per heavy atom. The van der Waals surface area contributed by atoms with Crippen LogP contribution in [0.1, 0.15) is 18.4 Å². The Kier molecular flexibility index (Phi) is 4.63. The Balaban J connectivity index is 1.90. The first kappa shape index (κ1) is 16.0. The van der Waals surface area contributed by atoms with Gasteiger partial charge in [0, 0.05) is 17.9 Å². The molecular weight excluding hydrogens is 356 g/mol. The number of para-hydroxylation sites is 1. The number of rotatable bonds is 5. The van der Waals surface area contributed by atoms with Gasteiger partial charge in [0.25, 0.3) is 0 Å². The van der Waals surface area contributed by atoms with Crippen LogP contribution in [0.5, 0.6) is 6.01 Å². The summed E-state index contributed by atoms with van der Waals surface area (Å²) in [6, 6.07) is 8.66. The van der Waals surface area contributed by atoms with Crippen LogP contribution in [0.2, 0.25) is 0 Å². The maximum Gasteiger partial charge on any atom is 0.318 e. The van der Waals surface area contributed by atoms with Gasteiger partial charge in [0.1, 0.15) is 6.10 Å². The average molecular weight is 375 g/mol. The molecule has 0 saturated heterocycles. The Hall–Kier alpha value is -1.92. The molecule has 1 saturated carbocycles. The lowest BCUT2D eigenvalue weighted by molar-refractivity contribution is 0.0905. The molecule has 1 aliphatic rings. The van der Waals surface area contributed by atoms with Gasteiger partial charge in [-0.05, 0) is 47.3 Å². The summed E-state index contributed by atoms with van der Waals surface area (Å²) < 4.78 is 6.57. The number of ether oxygens (including phenoxy) is 1. The molecule has 6 heteroatoms. The SMILES string of the molecule is C=CN(c1ccccc1C)c1nc(OC2CC(N)C2)ncc1Br. The molecule has 1 aromatic heterocycles. The number of aryl methyl sites for hydroxylation is 1. The van der Waals surface area contributed by atoms with Gasteiger partial charge in [0.2, 0.25) is 0 Å². The van der Waals surface area contributed by atoms with Crippen molar-refractivity contribution in [3.05, 3.63) is 53.3 Å². The van der Waals surface area contributed by atoms with Gasteiger partial charge in [0.05, 0.1) is 10.7 Å². The smallest absolute Gasteiger partial charge is 0.318 e. The normalized spacial score (nSPS) is 19.8. The highest BCUT2D eigenvalue weighted by Gasteiger charge is 2.28. The minimum Gasteiger partial charge on any atom is -0.460 e. The van der Waals surface area contributed by atoms with Gasteiger partial charge < -0.3 is 15.4 Å². The summed E-state index contributed by atoms with van der Waals surface area (Å²) in [5, 5.41) is 0. The molecule has 0 atom stereocenters. The Morgan fingerprint density at radius 2 is 2.13 bits per heavy atom. The molecular formula is C17H19BrN4O. The lowest BCUT2D eigenvalue weighted by Crippen LogP contribution is -2.43. The van der Waals surface area contributed by atoms with Crippen LogP contribution in [-0.4, -0.2) is 22.1 Å². The zero-order chi connectivity index (χ0) is 16.4. The third kappa shape index (κ3) is 3.38. The summed E-state index contributed by atoms with van der Waals surface area (Å²) in [4.78, 5) is 10.7. The number of halogens is 1. The number of aromatic nitrogens is 2. The highest BCUT2D eigenvalue weighted by molar-refractivity contribution is 9.10. The van der Waals surface area contributed by atoms with Crippen molar-refractivity contribution in [1.82, 2.24) is 9.97 Å². The number of benzene rings is 1. The number of nitrogens with zero attached hydrogens (tertiary/aromatic N) is 3. The zero-order valence-corrected chi connectivity index (χ0v) is 14.5. The molecule has 1 fully saturated rings. The van der Waals surface area contributed by atoms with E-state index in [0.29, 0.717) is 11.8 Å². The van der Waals surface area contributed by atoms with E-state index < -0.39 is 0 Å². The van der Waals surface area contributed by atoms with Crippen LogP contribution in [0.3, 0.4) is 0 Å². The molecule has 2 aromatic rings. The van der Waals surface area contributed by atoms with E-state index in [1.54, 1.807) is 12.4 Å². The molecule has 0 spiro atoms. The van der Waals surface area contributed by atoms with Crippen LogP contribution in [0.15, 0.2) is 47.7 Å². The first-order valence-corrected chi connectivity index (χ1v) is 8.30. The van der Waals surface area contributed by atoms with Crippen molar-refractivity contribution in [2.75, 3.05) is 4.90 Å². The van der Waals surface area contributed by atoms with Crippen molar-refractivity contribution in [2.45, 2.75) is 31.9 Å². The second kappa shape index (κ2) is 6.68. The van der Waals surface area contributed by atoms with Crippen molar-refractivity contribution >= 4 is 27.4 Å². The van der Waals surface area contributed by atoms with Crippen molar-refractivity contribution in [3.8, 4) is 6.01 Å². The van der Waals surface area contributed by atoms with E-state index in [4.69, 9.17) is 10.5 Å². The van der Waals surface area contributed by atoms with Crippen LogP contribution in [0.25, 0.3) is 0 Å². The molecule has 0 bridgehead atoms. The van der Waals surface area contributed by atoms with E-state index in [0.717, 1.165) is 28.6 Å². The Labute approximate surface area is 144 Å². The van der Waals surface area contributed by atoms with E-state index in [2.05, 4.69) is 32.5 Å². The zero-order valence-electron chi connectivity index (χ0n) is 12.9. The van der Waals surface area contributed by atoms with Crippen molar-refractivity contribution in [1.29, 1.82) is 0 Å². The molecule has 0 radical (unpaired) electrons. The van der Waals surface area contributed by atoms with Crippen LogP contribution >= 0.6 is 15.9 Å². The summed E-state index contributed by atoms with van der Waals surface area (Å²) in [6.07, 6.45) is 5.23. The van der Waals surface area contributed by atoms with Gasteiger partial charge >= 0.3 is 6.01 Å². The molecule has 23 heavy (non-hydrogen) atoms. The highest BCUT2D eigenvalue weighted by atomic mass is 79.9. The van der Waals surface area contributed by atoms with Gasteiger partial charge in [0.15, 0.2) is 5.82 Å². The third-order valence-corrected chi connectivity index (χ3v) is 4.45. The molecule has 120 valence electrons. The van der Waals surface area contributed by atoms with Crippen LogP contribution in [-0.2, 0) is 0 Å². The quantitative estimate of drug-likeness (QED) is 0.864. The van der Waals surface area contributed by atoms with E-state index >= 15 is 0 Å². The van der Waals surface area contributed by atoms with Gasteiger partial charge in [-0.1, -0.05) is 24.8 Å². The summed E-state index contributed by atoms with van der Waals surface area (Å²) in [7, 11) is 0. The van der Waals surface area contributed by atoms with E-state index in [-0.39, 0.29) is 12.1 Å². The molecule has 5 nitrogen and oxygen atoms in total. The summed E-state index contributed by atoms with van der Waals surface area (Å²) >= 11 is 3.51. The number of hydrogen-bond donors (Lipinski definition) is 1. The van der Waals surface area contributed by atoms with Gasteiger partial charge in [-0.2, -0.15) is 4.98 Å². The predicted molar refractivity (Wildman–Crippen MR) is 94.9 cm³/mol. The molecule has 0 amide bonds. The fraction of sp³-hybridized carbons (Fsp3) is 0.294. The van der Waals surface area contributed by atoms with E-state index in [9.17, 15) is 0 Å². The highest BCUT2D eigenvalue weighted by Crippen LogP contribution is 2.33. The topological polar surface area (TPSA) is 64.3 Å². The molecule has 2 N–H and O–H groups in total. The van der Waals surface area contributed by atoms with Crippen LogP contribution < -0.4 is 15.4 Å². The second-order valence-corrected chi connectivity index (χ2v) is 6.49. The maximum atomic E-state index is 5.79. The second-order valence-electron chi connectivity index (χ2n) is 5.63. The maximum absolute atomic E-state index is 5.79. The molecule has 1 heterocycles. The van der Waals surface area contributed by atoms with E-state index in [1.165, 1.54) is 0 Å². The fourth-order valence-corrected chi connectivity index (χ4v) is 2.93. The monoisotopic (exact) mass is 374 g/mol. The minimum absolute atomic E-state index is 0.106. The molecule has 1 aliphatic carbocycles. The number of anilines is 2. The van der Waals surface area contributed by atoms with Crippen LogP contribution in [0, 0.1) is 6.92 Å². The van der Waals surface area contributed by atoms with Gasteiger partial charge in [-0.25, -0.2) is 4.98 Å². The minimum atomic E-state index is 0.106. The predicted octanol–water partition coefficient (Wildman–Crippen LogP) is 3.70. The fourth-order valence-electron chi connectivity index (χ4n) is 2.55. The Bertz CT molecular complexity index is 715. The molecule has 0 aliphatic heterocycles. The lowest BCUT2D eigenvalue weighted by Gasteiger charge is -2.32. The Morgan fingerprint density at radius 1 is 1.39 bits per heavy atom. The number of nitrogens with two attached hydrogens (primary N) is 1. The molecule has 3 rings (SSSR count). The largest absolute Gasteiger partial charge is 0.460 e. The average Bonchev–Trinajstić information content (AvgIpc) is 2.51. The summed E-state index contributed by atoms with van der Waals surface area (Å²) in [6.45, 7) is 5.96. The first-order valence-electron chi connectivity index (χ1n) is 7.50. The number of hydrogen-bond acceptors (Lipinski definition) is 5. The molecule has 1 aromatic carbocycles. The van der Waals surface area contributed by atoms with Crippen LogP contribution in [0.4, 0.5) is 11.5 Å². The lowest BCUT2D eigenvalue weighted by atomic mass is 9.90. The third-order valence-electron chi connectivity index (χ3n) is 3.89. The molecule has 0 unspecified atom stereocenters. The summed E-state index contributed by atoms with van der Waals surface area (Å²) in [5.41, 5.74) is 7.93. The van der Waals surface area contributed by atoms with Crippen molar-refractivity contribution in [2.24, 2.45) is 5.73 Å². The van der Waals surface area contributed by atoms with Crippen molar-refractivity contribution in [3.63, 3.8) is 0 Å².